The van der Waals surface area contributed by atoms with Crippen LogP contribution in [0.25, 0.3) is 0 Å². The van der Waals surface area contributed by atoms with Crippen LogP contribution in [0.1, 0.15) is 0 Å². The minimum atomic E-state index is -1.67. The molecule has 0 radical (unpaired) electrons. The summed E-state index contributed by atoms with van der Waals surface area (Å²) in [6, 6.07) is 8.32. The average Bonchev–Trinajstić information content (AvgIpc) is 2.90. The molecule has 3 amide bonds. The van der Waals surface area contributed by atoms with Gasteiger partial charge in [-0.05, 0) is 36.4 Å². The maximum Gasteiger partial charge on any atom is 0.284 e. The summed E-state index contributed by atoms with van der Waals surface area (Å²) in [5.41, 5.74) is -0.311. The molecule has 1 aliphatic heterocycles. The number of rotatable bonds is 3. The van der Waals surface area contributed by atoms with Crippen LogP contribution in [0.2, 0.25) is 20.1 Å². The zero-order chi connectivity index (χ0) is 20.6. The Labute approximate surface area is 178 Å². The van der Waals surface area contributed by atoms with Gasteiger partial charge < -0.3 is 10.5 Å². The zero-order valence-corrected chi connectivity index (χ0v) is 16.6. The van der Waals surface area contributed by atoms with Gasteiger partial charge in [-0.15, -0.1) is 0 Å². The highest BCUT2D eigenvalue weighted by atomic mass is 35.5. The van der Waals surface area contributed by atoms with Crippen LogP contribution in [0.3, 0.4) is 0 Å². The number of imide groups is 1. The molecule has 1 saturated heterocycles. The summed E-state index contributed by atoms with van der Waals surface area (Å²) in [5.74, 6) is -4.41. The van der Waals surface area contributed by atoms with E-state index >= 15 is 0 Å². The SMILES string of the molecule is O=C(Nc1ccc(Cl)c(Cl)c1)C1C(=O)N(c2ccc(Cl)c(Cl)c2)C(=O)/C1=N/O. The summed E-state index contributed by atoms with van der Waals surface area (Å²) in [5, 5.41) is 15.3. The second-order valence-electron chi connectivity index (χ2n) is 5.61. The van der Waals surface area contributed by atoms with Crippen LogP contribution in [0.4, 0.5) is 11.4 Å². The lowest BCUT2D eigenvalue weighted by Crippen LogP contribution is -2.34. The molecule has 0 aromatic heterocycles. The van der Waals surface area contributed by atoms with Gasteiger partial charge in [-0.3, -0.25) is 14.4 Å². The van der Waals surface area contributed by atoms with E-state index in [0.717, 1.165) is 0 Å². The van der Waals surface area contributed by atoms with Crippen molar-refractivity contribution in [2.24, 2.45) is 11.1 Å². The number of carbonyl (C=O) groups is 3. The molecule has 0 saturated carbocycles. The number of amides is 3. The van der Waals surface area contributed by atoms with Crippen molar-refractivity contribution in [2.45, 2.75) is 0 Å². The fraction of sp³-hybridized carbons (Fsp3) is 0.0588. The summed E-state index contributed by atoms with van der Waals surface area (Å²) < 4.78 is 0. The van der Waals surface area contributed by atoms with Gasteiger partial charge in [-0.2, -0.15) is 0 Å². The molecule has 0 bridgehead atoms. The van der Waals surface area contributed by atoms with Crippen molar-refractivity contribution in [3.05, 3.63) is 56.5 Å². The third kappa shape index (κ3) is 3.66. The van der Waals surface area contributed by atoms with Gasteiger partial charge in [0.15, 0.2) is 11.6 Å². The molecular formula is C17H9Cl4N3O4. The number of nitrogens with one attached hydrogen (secondary N) is 1. The van der Waals surface area contributed by atoms with Crippen LogP contribution >= 0.6 is 46.4 Å². The average molecular weight is 461 g/mol. The number of halogens is 4. The fourth-order valence-corrected chi connectivity index (χ4v) is 3.17. The second kappa shape index (κ2) is 7.97. The van der Waals surface area contributed by atoms with Crippen LogP contribution in [-0.2, 0) is 14.4 Å². The summed E-state index contributed by atoms with van der Waals surface area (Å²) in [6.07, 6.45) is 0. The van der Waals surface area contributed by atoms with E-state index in [4.69, 9.17) is 46.4 Å². The predicted octanol–water partition coefficient (Wildman–Crippen LogP) is 4.26. The van der Waals surface area contributed by atoms with Crippen molar-refractivity contribution >= 4 is 81.2 Å². The van der Waals surface area contributed by atoms with Gasteiger partial charge in [-0.25, -0.2) is 4.90 Å². The summed E-state index contributed by atoms with van der Waals surface area (Å²) in [7, 11) is 0. The van der Waals surface area contributed by atoms with Crippen LogP contribution < -0.4 is 10.2 Å². The molecule has 0 spiro atoms. The van der Waals surface area contributed by atoms with Crippen molar-refractivity contribution in [2.75, 3.05) is 10.2 Å². The van der Waals surface area contributed by atoms with Gasteiger partial charge >= 0.3 is 0 Å². The van der Waals surface area contributed by atoms with E-state index in [-0.39, 0.29) is 31.5 Å². The topological polar surface area (TPSA) is 99.1 Å². The highest BCUT2D eigenvalue weighted by Gasteiger charge is 2.50. The number of nitrogens with zero attached hydrogens (tertiary/aromatic N) is 2. The van der Waals surface area contributed by atoms with Crippen molar-refractivity contribution in [3.8, 4) is 0 Å². The van der Waals surface area contributed by atoms with Crippen molar-refractivity contribution in [1.82, 2.24) is 0 Å². The summed E-state index contributed by atoms with van der Waals surface area (Å²) in [4.78, 5) is 38.6. The summed E-state index contributed by atoms with van der Waals surface area (Å²) >= 11 is 23.5. The standard InChI is InChI=1S/C17H9Cl4N3O4/c18-9-3-1-7(5-11(9)20)22-15(25)13-14(23-28)17(27)24(16(13)26)8-2-4-10(19)12(21)6-8/h1-6,13,28H,(H,22,25)/b23-14+. The molecule has 7 nitrogen and oxygen atoms in total. The highest BCUT2D eigenvalue weighted by Crippen LogP contribution is 2.32. The van der Waals surface area contributed by atoms with E-state index in [9.17, 15) is 19.6 Å². The van der Waals surface area contributed by atoms with E-state index in [1.54, 1.807) is 0 Å². The van der Waals surface area contributed by atoms with Crippen molar-refractivity contribution in [1.29, 1.82) is 0 Å². The number of hydrogen-bond acceptors (Lipinski definition) is 5. The van der Waals surface area contributed by atoms with Crippen LogP contribution in [0, 0.1) is 5.92 Å². The van der Waals surface area contributed by atoms with Crippen LogP contribution in [0.5, 0.6) is 0 Å². The number of hydrogen-bond donors (Lipinski definition) is 2. The molecular weight excluding hydrogens is 452 g/mol. The first-order valence-electron chi connectivity index (χ1n) is 7.55. The Balaban J connectivity index is 1.93. The maximum atomic E-state index is 12.8. The molecule has 2 N–H and O–H groups in total. The minimum Gasteiger partial charge on any atom is -0.410 e. The number of carbonyl (C=O) groups excluding carboxylic acids is 3. The van der Waals surface area contributed by atoms with Crippen LogP contribution in [-0.4, -0.2) is 28.6 Å². The van der Waals surface area contributed by atoms with Gasteiger partial charge in [0.05, 0.1) is 25.8 Å². The van der Waals surface area contributed by atoms with E-state index in [2.05, 4.69) is 10.5 Å². The Morgan fingerprint density at radius 3 is 2.14 bits per heavy atom. The van der Waals surface area contributed by atoms with Gasteiger partial charge in [0.2, 0.25) is 5.91 Å². The first kappa shape index (κ1) is 20.4. The molecule has 3 rings (SSSR count). The van der Waals surface area contributed by atoms with Gasteiger partial charge in [0.25, 0.3) is 11.8 Å². The Bertz CT molecular complexity index is 1040. The minimum absolute atomic E-state index is 0.0791. The van der Waals surface area contributed by atoms with E-state index in [0.29, 0.717) is 4.90 Å². The first-order valence-corrected chi connectivity index (χ1v) is 9.07. The van der Waals surface area contributed by atoms with Crippen molar-refractivity contribution in [3.63, 3.8) is 0 Å². The first-order chi connectivity index (χ1) is 13.2. The molecule has 1 aliphatic rings. The Morgan fingerprint density at radius 2 is 1.57 bits per heavy atom. The number of benzene rings is 2. The number of anilines is 2. The smallest absolute Gasteiger partial charge is 0.284 e. The van der Waals surface area contributed by atoms with E-state index < -0.39 is 29.4 Å². The lowest BCUT2D eigenvalue weighted by molar-refractivity contribution is -0.127. The second-order valence-corrected chi connectivity index (χ2v) is 7.24. The predicted molar refractivity (Wildman–Crippen MR) is 107 cm³/mol. The molecule has 1 atom stereocenters. The van der Waals surface area contributed by atoms with Gasteiger partial charge in [0, 0.05) is 5.69 Å². The third-order valence-corrected chi connectivity index (χ3v) is 5.36. The summed E-state index contributed by atoms with van der Waals surface area (Å²) in [6.45, 7) is 0. The molecule has 1 fully saturated rings. The Kier molecular flexibility index (Phi) is 5.81. The zero-order valence-electron chi connectivity index (χ0n) is 13.6. The quantitative estimate of drug-likeness (QED) is 0.309. The molecule has 2 aromatic carbocycles. The molecule has 0 aliphatic carbocycles. The van der Waals surface area contributed by atoms with Crippen molar-refractivity contribution < 1.29 is 19.6 Å². The maximum absolute atomic E-state index is 12.8. The monoisotopic (exact) mass is 459 g/mol. The van der Waals surface area contributed by atoms with E-state index in [1.807, 2.05) is 0 Å². The van der Waals surface area contributed by atoms with E-state index in [1.165, 1.54) is 36.4 Å². The fourth-order valence-electron chi connectivity index (χ4n) is 2.58. The molecule has 144 valence electrons. The Hall–Kier alpha value is -2.32. The molecule has 28 heavy (non-hydrogen) atoms. The molecule has 1 unspecified atom stereocenters. The van der Waals surface area contributed by atoms with Gasteiger partial charge in [-0.1, -0.05) is 51.6 Å². The molecule has 2 aromatic rings. The van der Waals surface area contributed by atoms with Crippen LogP contribution in [0.15, 0.2) is 41.6 Å². The normalized spacial score (nSPS) is 18.1. The Morgan fingerprint density at radius 1 is 0.964 bits per heavy atom. The lowest BCUT2D eigenvalue weighted by atomic mass is 10.1. The number of oxime groups is 1. The largest absolute Gasteiger partial charge is 0.410 e. The van der Waals surface area contributed by atoms with Gasteiger partial charge in [0.1, 0.15) is 0 Å². The third-order valence-electron chi connectivity index (χ3n) is 3.88. The highest BCUT2D eigenvalue weighted by molar-refractivity contribution is 6.61. The molecule has 1 heterocycles. The molecule has 11 heteroatoms. The lowest BCUT2D eigenvalue weighted by Gasteiger charge is -2.15.